The van der Waals surface area contributed by atoms with Crippen molar-refractivity contribution >= 4 is 11.8 Å². The van der Waals surface area contributed by atoms with E-state index in [4.69, 9.17) is 0 Å². The van der Waals surface area contributed by atoms with E-state index in [2.05, 4.69) is 15.5 Å². The van der Waals surface area contributed by atoms with Gasteiger partial charge in [0.2, 0.25) is 0 Å². The lowest BCUT2D eigenvalue weighted by Gasteiger charge is -2.10. The molecule has 0 aliphatic heterocycles. The lowest BCUT2D eigenvalue weighted by molar-refractivity contribution is 0.230. The molecule has 0 atom stereocenters. The summed E-state index contributed by atoms with van der Waals surface area (Å²) in [5.74, 6) is 0.462. The number of hydrogen-bond donors (Lipinski definition) is 1. The Morgan fingerprint density at radius 2 is 2.08 bits per heavy atom. The third-order valence-electron chi connectivity index (χ3n) is 1.44. The van der Waals surface area contributed by atoms with E-state index in [1.165, 1.54) is 4.90 Å². The van der Waals surface area contributed by atoms with Crippen LogP contribution < -0.4 is 5.32 Å². The number of rotatable bonds is 1. The summed E-state index contributed by atoms with van der Waals surface area (Å²) in [6, 6.07) is 3.29. The Hall–Kier alpha value is -1.65. The van der Waals surface area contributed by atoms with Gasteiger partial charge in [-0.2, -0.15) is 5.10 Å². The van der Waals surface area contributed by atoms with E-state index in [1.807, 2.05) is 6.92 Å². The number of amides is 2. The highest BCUT2D eigenvalue weighted by molar-refractivity contribution is 5.87. The normalized spacial score (nSPS) is 9.46. The van der Waals surface area contributed by atoms with Gasteiger partial charge in [-0.15, -0.1) is 5.10 Å². The van der Waals surface area contributed by atoms with Gasteiger partial charge in [0, 0.05) is 14.1 Å². The fraction of sp³-hybridized carbons (Fsp3) is 0.375. The molecule has 0 aromatic carbocycles. The first-order valence-corrected chi connectivity index (χ1v) is 3.88. The third kappa shape index (κ3) is 2.70. The highest BCUT2D eigenvalue weighted by Crippen LogP contribution is 2.01. The van der Waals surface area contributed by atoms with E-state index in [0.717, 1.165) is 5.69 Å². The molecule has 0 bridgehead atoms. The quantitative estimate of drug-likeness (QED) is 0.697. The molecule has 0 fully saturated rings. The van der Waals surface area contributed by atoms with E-state index in [0.29, 0.717) is 5.82 Å². The predicted octanol–water partition coefficient (Wildman–Crippen LogP) is 0.879. The minimum absolute atomic E-state index is 0.210. The molecule has 0 unspecified atom stereocenters. The predicted molar refractivity (Wildman–Crippen MR) is 49.5 cm³/mol. The maximum atomic E-state index is 11.1. The number of anilines is 1. The first-order chi connectivity index (χ1) is 6.09. The van der Waals surface area contributed by atoms with E-state index < -0.39 is 0 Å². The molecule has 1 aromatic rings. The van der Waals surface area contributed by atoms with Crippen molar-refractivity contribution in [3.63, 3.8) is 0 Å². The van der Waals surface area contributed by atoms with Crippen LogP contribution >= 0.6 is 0 Å². The Bertz CT molecular complexity index is 294. The van der Waals surface area contributed by atoms with Gasteiger partial charge in [-0.3, -0.25) is 5.32 Å². The highest BCUT2D eigenvalue weighted by atomic mass is 16.2. The summed E-state index contributed by atoms with van der Waals surface area (Å²) < 4.78 is 0. The lowest BCUT2D eigenvalue weighted by atomic mass is 10.4. The van der Waals surface area contributed by atoms with Gasteiger partial charge in [0.05, 0.1) is 5.69 Å². The van der Waals surface area contributed by atoms with Crippen LogP contribution in [0, 0.1) is 6.92 Å². The second-order valence-electron chi connectivity index (χ2n) is 2.88. The average molecular weight is 180 g/mol. The van der Waals surface area contributed by atoms with Gasteiger partial charge in [-0.05, 0) is 19.1 Å². The van der Waals surface area contributed by atoms with Crippen molar-refractivity contribution in [2.24, 2.45) is 0 Å². The van der Waals surface area contributed by atoms with Crippen molar-refractivity contribution in [2.75, 3.05) is 19.4 Å². The molecule has 13 heavy (non-hydrogen) atoms. The molecular weight excluding hydrogens is 168 g/mol. The molecule has 0 radical (unpaired) electrons. The maximum absolute atomic E-state index is 11.1. The van der Waals surface area contributed by atoms with E-state index >= 15 is 0 Å². The van der Waals surface area contributed by atoms with Crippen molar-refractivity contribution in [1.29, 1.82) is 0 Å². The van der Waals surface area contributed by atoms with Gasteiger partial charge in [0.15, 0.2) is 5.82 Å². The zero-order valence-corrected chi connectivity index (χ0v) is 7.90. The van der Waals surface area contributed by atoms with Crippen LogP contribution in [0.15, 0.2) is 12.1 Å². The maximum Gasteiger partial charge on any atom is 0.322 e. The SMILES string of the molecule is Cc1ccc(NC(=O)N(C)C)nn1. The van der Waals surface area contributed by atoms with E-state index in [9.17, 15) is 4.79 Å². The van der Waals surface area contributed by atoms with Crippen LogP contribution in [0.2, 0.25) is 0 Å². The van der Waals surface area contributed by atoms with Crippen LogP contribution in [0.5, 0.6) is 0 Å². The second-order valence-corrected chi connectivity index (χ2v) is 2.88. The summed E-state index contributed by atoms with van der Waals surface area (Å²) in [7, 11) is 3.33. The Balaban J connectivity index is 2.65. The van der Waals surface area contributed by atoms with Gasteiger partial charge in [-0.25, -0.2) is 4.79 Å². The monoisotopic (exact) mass is 180 g/mol. The molecule has 0 saturated carbocycles. The van der Waals surface area contributed by atoms with E-state index in [1.54, 1.807) is 26.2 Å². The average Bonchev–Trinajstić information content (AvgIpc) is 2.08. The van der Waals surface area contributed by atoms with Gasteiger partial charge >= 0.3 is 6.03 Å². The Morgan fingerprint density at radius 3 is 2.54 bits per heavy atom. The molecule has 5 nitrogen and oxygen atoms in total. The van der Waals surface area contributed by atoms with Crippen LogP contribution in [0.3, 0.4) is 0 Å². The summed E-state index contributed by atoms with van der Waals surface area (Å²) in [6.45, 7) is 1.84. The number of aryl methyl sites for hydroxylation is 1. The van der Waals surface area contributed by atoms with Gasteiger partial charge in [0.25, 0.3) is 0 Å². The van der Waals surface area contributed by atoms with Crippen LogP contribution in [0.4, 0.5) is 10.6 Å². The molecule has 2 amide bonds. The first-order valence-electron chi connectivity index (χ1n) is 3.88. The zero-order valence-electron chi connectivity index (χ0n) is 7.90. The molecule has 5 heteroatoms. The van der Waals surface area contributed by atoms with E-state index in [-0.39, 0.29) is 6.03 Å². The van der Waals surface area contributed by atoms with Gasteiger partial charge < -0.3 is 4.90 Å². The minimum atomic E-state index is -0.210. The fourth-order valence-electron chi connectivity index (χ4n) is 0.687. The van der Waals surface area contributed by atoms with Crippen LogP contribution in [-0.4, -0.2) is 35.2 Å². The van der Waals surface area contributed by atoms with Crippen molar-refractivity contribution in [2.45, 2.75) is 6.92 Å². The molecule has 0 aliphatic carbocycles. The number of urea groups is 1. The Kier molecular flexibility index (Phi) is 2.79. The molecule has 70 valence electrons. The molecule has 0 aliphatic rings. The van der Waals surface area contributed by atoms with Crippen LogP contribution in [-0.2, 0) is 0 Å². The number of hydrogen-bond acceptors (Lipinski definition) is 3. The molecule has 1 heterocycles. The van der Waals surface area contributed by atoms with Gasteiger partial charge in [0.1, 0.15) is 0 Å². The topological polar surface area (TPSA) is 58.1 Å². The molecule has 1 aromatic heterocycles. The second kappa shape index (κ2) is 3.84. The number of aromatic nitrogens is 2. The molecule has 0 saturated heterocycles. The number of nitrogens with one attached hydrogen (secondary N) is 1. The smallest absolute Gasteiger partial charge is 0.322 e. The third-order valence-corrected chi connectivity index (χ3v) is 1.44. The zero-order chi connectivity index (χ0) is 9.84. The summed E-state index contributed by atoms with van der Waals surface area (Å²) in [5, 5.41) is 10.2. The summed E-state index contributed by atoms with van der Waals surface area (Å²) in [4.78, 5) is 12.6. The first kappa shape index (κ1) is 9.44. The number of nitrogens with zero attached hydrogens (tertiary/aromatic N) is 3. The Labute approximate surface area is 76.8 Å². The highest BCUT2D eigenvalue weighted by Gasteiger charge is 2.03. The molecule has 1 rings (SSSR count). The summed E-state index contributed by atoms with van der Waals surface area (Å²) >= 11 is 0. The fourth-order valence-corrected chi connectivity index (χ4v) is 0.687. The standard InChI is InChI=1S/C8H12N4O/c1-6-4-5-7(11-10-6)9-8(13)12(2)3/h4-5H,1-3H3,(H,9,11,13). The summed E-state index contributed by atoms with van der Waals surface area (Å²) in [5.41, 5.74) is 0.822. The van der Waals surface area contributed by atoms with Crippen molar-refractivity contribution in [3.05, 3.63) is 17.8 Å². The Morgan fingerprint density at radius 1 is 1.38 bits per heavy atom. The van der Waals surface area contributed by atoms with Crippen LogP contribution in [0.25, 0.3) is 0 Å². The van der Waals surface area contributed by atoms with Crippen molar-refractivity contribution in [3.8, 4) is 0 Å². The minimum Gasteiger partial charge on any atom is -0.331 e. The van der Waals surface area contributed by atoms with Crippen LogP contribution in [0.1, 0.15) is 5.69 Å². The molecule has 0 spiro atoms. The van der Waals surface area contributed by atoms with Gasteiger partial charge in [-0.1, -0.05) is 0 Å². The lowest BCUT2D eigenvalue weighted by Crippen LogP contribution is -2.27. The number of carbonyl (C=O) groups excluding carboxylic acids is 1. The van der Waals surface area contributed by atoms with Crippen molar-refractivity contribution < 1.29 is 4.79 Å². The number of carbonyl (C=O) groups is 1. The summed E-state index contributed by atoms with van der Waals surface area (Å²) in [6.07, 6.45) is 0. The van der Waals surface area contributed by atoms with Crippen molar-refractivity contribution in [1.82, 2.24) is 15.1 Å². The molecule has 1 N–H and O–H groups in total. The largest absolute Gasteiger partial charge is 0.331 e. The molecular formula is C8H12N4O.